The lowest BCUT2D eigenvalue weighted by molar-refractivity contribution is 0.455. The molecule has 0 saturated carbocycles. The number of hydrogen-bond acceptors (Lipinski definition) is 1. The van der Waals surface area contributed by atoms with E-state index in [0.717, 1.165) is 12.3 Å². The Balaban J connectivity index is 3.89. The Morgan fingerprint density at radius 2 is 1.92 bits per heavy atom. The van der Waals surface area contributed by atoms with E-state index in [-0.39, 0.29) is 0 Å². The minimum atomic E-state index is 0.810. The summed E-state index contributed by atoms with van der Waals surface area (Å²) in [6, 6.07) is 0. The molecule has 1 heteroatoms. The molecule has 0 heterocycles. The second-order valence-electron chi connectivity index (χ2n) is 3.93. The van der Waals surface area contributed by atoms with E-state index >= 15 is 0 Å². The highest BCUT2D eigenvalue weighted by atomic mass is 15.1. The van der Waals surface area contributed by atoms with Crippen LogP contribution in [0.15, 0.2) is 11.8 Å². The molecule has 0 rings (SSSR count). The van der Waals surface area contributed by atoms with E-state index in [9.17, 15) is 0 Å². The van der Waals surface area contributed by atoms with Crippen molar-refractivity contribution < 1.29 is 0 Å². The third-order valence-corrected chi connectivity index (χ3v) is 1.99. The van der Waals surface area contributed by atoms with Gasteiger partial charge in [0.25, 0.3) is 0 Å². The van der Waals surface area contributed by atoms with Gasteiger partial charge in [-0.3, -0.25) is 0 Å². The van der Waals surface area contributed by atoms with Crippen LogP contribution in [0.25, 0.3) is 0 Å². The predicted molar refractivity (Wildman–Crippen MR) is 56.1 cm³/mol. The van der Waals surface area contributed by atoms with Crippen molar-refractivity contribution >= 4 is 0 Å². The van der Waals surface area contributed by atoms with Crippen molar-refractivity contribution in [3.63, 3.8) is 0 Å². The van der Waals surface area contributed by atoms with Crippen LogP contribution in [0.3, 0.4) is 0 Å². The van der Waals surface area contributed by atoms with Gasteiger partial charge >= 0.3 is 0 Å². The summed E-state index contributed by atoms with van der Waals surface area (Å²) in [5.41, 5.74) is 1.48. The van der Waals surface area contributed by atoms with Gasteiger partial charge in [0.15, 0.2) is 0 Å². The van der Waals surface area contributed by atoms with Crippen molar-refractivity contribution in [2.45, 2.75) is 40.0 Å². The summed E-state index contributed by atoms with van der Waals surface area (Å²) in [5.74, 6) is 0.810. The van der Waals surface area contributed by atoms with E-state index in [1.807, 2.05) is 0 Å². The Morgan fingerprint density at radius 3 is 2.25 bits per heavy atom. The van der Waals surface area contributed by atoms with Crippen molar-refractivity contribution in [1.29, 1.82) is 0 Å². The molecule has 0 aromatic heterocycles. The van der Waals surface area contributed by atoms with Gasteiger partial charge in [-0.15, -0.1) is 0 Å². The molecule has 0 amide bonds. The Bertz CT molecular complexity index is 134. The normalized spacial score (nSPS) is 12.3. The third-order valence-electron chi connectivity index (χ3n) is 1.99. The number of nitrogens with zero attached hydrogens (tertiary/aromatic N) is 1. The average molecular weight is 169 g/mol. The highest BCUT2D eigenvalue weighted by Crippen LogP contribution is 2.13. The Hall–Kier alpha value is -0.460. The fourth-order valence-corrected chi connectivity index (χ4v) is 1.18. The first-order valence-corrected chi connectivity index (χ1v) is 4.94. The van der Waals surface area contributed by atoms with Crippen LogP contribution in [0.4, 0.5) is 0 Å². The fraction of sp³-hybridized carbons (Fsp3) is 0.818. The molecule has 0 aromatic rings. The van der Waals surface area contributed by atoms with Crippen LogP contribution in [0.1, 0.15) is 40.0 Å². The molecule has 0 N–H and O–H groups in total. The van der Waals surface area contributed by atoms with Crippen molar-refractivity contribution in [2.24, 2.45) is 5.92 Å². The van der Waals surface area contributed by atoms with Crippen LogP contribution in [-0.2, 0) is 0 Å². The number of rotatable bonds is 5. The van der Waals surface area contributed by atoms with E-state index in [0.29, 0.717) is 0 Å². The van der Waals surface area contributed by atoms with Crippen LogP contribution in [0, 0.1) is 5.92 Å². The Labute approximate surface area is 77.5 Å². The monoisotopic (exact) mass is 169 g/mol. The molecule has 0 aromatic carbocycles. The molecule has 0 saturated heterocycles. The van der Waals surface area contributed by atoms with E-state index in [1.165, 1.54) is 18.5 Å². The summed E-state index contributed by atoms with van der Waals surface area (Å²) >= 11 is 0. The van der Waals surface area contributed by atoms with Crippen LogP contribution < -0.4 is 0 Å². The zero-order valence-corrected chi connectivity index (χ0v) is 9.22. The second kappa shape index (κ2) is 6.10. The van der Waals surface area contributed by atoms with Gasteiger partial charge in [-0.25, -0.2) is 0 Å². The van der Waals surface area contributed by atoms with Crippen LogP contribution in [0.5, 0.6) is 0 Å². The van der Waals surface area contributed by atoms with E-state index < -0.39 is 0 Å². The van der Waals surface area contributed by atoms with Gasteiger partial charge in [0.2, 0.25) is 0 Å². The van der Waals surface area contributed by atoms with E-state index in [4.69, 9.17) is 0 Å². The molecule has 0 aliphatic heterocycles. The van der Waals surface area contributed by atoms with Crippen molar-refractivity contribution in [3.8, 4) is 0 Å². The van der Waals surface area contributed by atoms with Gasteiger partial charge in [0.05, 0.1) is 0 Å². The zero-order valence-electron chi connectivity index (χ0n) is 9.22. The predicted octanol–water partition coefficient (Wildman–Crippen LogP) is 3.28. The first kappa shape index (κ1) is 11.5. The second-order valence-corrected chi connectivity index (χ2v) is 3.93. The standard InChI is InChI=1S/C11H23N/c1-6-7-11(12(4)5)9-8-10(2)3/h7,10H,6,8-9H2,1-5H3. The molecule has 0 spiro atoms. The fourth-order valence-electron chi connectivity index (χ4n) is 1.18. The maximum Gasteiger partial charge on any atom is 0.00869 e. The minimum Gasteiger partial charge on any atom is -0.381 e. The first-order valence-electron chi connectivity index (χ1n) is 4.94. The summed E-state index contributed by atoms with van der Waals surface area (Å²) in [6.45, 7) is 6.75. The van der Waals surface area contributed by atoms with Gasteiger partial charge in [-0.1, -0.05) is 26.8 Å². The SMILES string of the molecule is CCC=C(CCC(C)C)N(C)C. The third kappa shape index (κ3) is 5.22. The Morgan fingerprint density at radius 1 is 1.33 bits per heavy atom. The molecule has 72 valence electrons. The van der Waals surface area contributed by atoms with Gasteiger partial charge in [-0.2, -0.15) is 0 Å². The molecular formula is C11H23N. The maximum atomic E-state index is 2.32. The molecular weight excluding hydrogens is 146 g/mol. The summed E-state index contributed by atoms with van der Waals surface area (Å²) in [7, 11) is 4.25. The lowest BCUT2D eigenvalue weighted by Crippen LogP contribution is -2.11. The lowest BCUT2D eigenvalue weighted by atomic mass is 10.1. The highest BCUT2D eigenvalue weighted by Gasteiger charge is 2.00. The van der Waals surface area contributed by atoms with Crippen LogP contribution >= 0.6 is 0 Å². The van der Waals surface area contributed by atoms with Crippen molar-refractivity contribution in [1.82, 2.24) is 4.90 Å². The maximum absolute atomic E-state index is 2.32. The summed E-state index contributed by atoms with van der Waals surface area (Å²) in [6.07, 6.45) is 5.98. The number of hydrogen-bond donors (Lipinski definition) is 0. The molecule has 0 radical (unpaired) electrons. The summed E-state index contributed by atoms with van der Waals surface area (Å²) in [5, 5.41) is 0. The van der Waals surface area contributed by atoms with Crippen LogP contribution in [0.2, 0.25) is 0 Å². The van der Waals surface area contributed by atoms with Gasteiger partial charge in [-0.05, 0) is 25.2 Å². The van der Waals surface area contributed by atoms with Crippen molar-refractivity contribution in [3.05, 3.63) is 11.8 Å². The first-order chi connectivity index (χ1) is 5.57. The zero-order chi connectivity index (χ0) is 9.56. The Kier molecular flexibility index (Phi) is 5.87. The molecule has 0 unspecified atom stereocenters. The molecule has 0 atom stereocenters. The number of allylic oxidation sites excluding steroid dienone is 2. The van der Waals surface area contributed by atoms with E-state index in [1.54, 1.807) is 0 Å². The molecule has 0 aliphatic carbocycles. The smallest absolute Gasteiger partial charge is 0.00869 e. The summed E-state index contributed by atoms with van der Waals surface area (Å²) in [4.78, 5) is 2.23. The largest absolute Gasteiger partial charge is 0.381 e. The minimum absolute atomic E-state index is 0.810. The molecule has 12 heavy (non-hydrogen) atoms. The topological polar surface area (TPSA) is 3.24 Å². The van der Waals surface area contributed by atoms with Gasteiger partial charge in [0, 0.05) is 19.8 Å². The molecule has 0 fully saturated rings. The summed E-state index contributed by atoms with van der Waals surface area (Å²) < 4.78 is 0. The average Bonchev–Trinajstić information content (AvgIpc) is 1.96. The van der Waals surface area contributed by atoms with E-state index in [2.05, 4.69) is 45.8 Å². The lowest BCUT2D eigenvalue weighted by Gasteiger charge is -2.18. The van der Waals surface area contributed by atoms with Crippen molar-refractivity contribution in [2.75, 3.05) is 14.1 Å². The van der Waals surface area contributed by atoms with Gasteiger partial charge < -0.3 is 4.90 Å². The van der Waals surface area contributed by atoms with Crippen LogP contribution in [-0.4, -0.2) is 19.0 Å². The molecule has 0 aliphatic rings. The quantitative estimate of drug-likeness (QED) is 0.610. The van der Waals surface area contributed by atoms with Gasteiger partial charge in [0.1, 0.15) is 0 Å². The highest BCUT2D eigenvalue weighted by molar-refractivity contribution is 4.98. The molecule has 1 nitrogen and oxygen atoms in total. The molecule has 0 bridgehead atoms.